The van der Waals surface area contributed by atoms with Crippen molar-refractivity contribution in [3.8, 4) is 11.5 Å². The predicted molar refractivity (Wildman–Crippen MR) is 121 cm³/mol. The quantitative estimate of drug-likeness (QED) is 0.355. The first kappa shape index (κ1) is 20.4. The summed E-state index contributed by atoms with van der Waals surface area (Å²) in [4.78, 5) is 13.0. The maximum absolute atomic E-state index is 13.0. The number of fused-ring (bicyclic) bond motifs is 1. The smallest absolute Gasteiger partial charge is 0.287 e. The summed E-state index contributed by atoms with van der Waals surface area (Å²) in [7, 11) is 3.18. The molecule has 0 aliphatic rings. The fourth-order valence-corrected chi connectivity index (χ4v) is 5.08. The molecule has 5 nitrogen and oxygen atoms in total. The maximum Gasteiger partial charge on any atom is 0.287 e. The summed E-state index contributed by atoms with van der Waals surface area (Å²) in [5.74, 6) is 1.99. The van der Waals surface area contributed by atoms with E-state index in [1.807, 2.05) is 53.9 Å². The van der Waals surface area contributed by atoms with E-state index in [-0.39, 0.29) is 5.91 Å². The Morgan fingerprint density at radius 1 is 1.07 bits per heavy atom. The van der Waals surface area contributed by atoms with Gasteiger partial charge in [0, 0.05) is 28.8 Å². The van der Waals surface area contributed by atoms with Gasteiger partial charge in [-0.15, -0.1) is 23.1 Å². The summed E-state index contributed by atoms with van der Waals surface area (Å²) in [5, 5.41) is 5.97. The summed E-state index contributed by atoms with van der Waals surface area (Å²) in [6, 6.07) is 17.4. The number of ether oxygens (including phenoxy) is 2. The van der Waals surface area contributed by atoms with Crippen molar-refractivity contribution in [2.24, 2.45) is 0 Å². The second-order valence-electron chi connectivity index (χ2n) is 6.46. The maximum atomic E-state index is 13.0. The molecule has 2 aromatic heterocycles. The van der Waals surface area contributed by atoms with Crippen LogP contribution < -0.4 is 14.8 Å². The number of rotatable bonds is 8. The molecule has 1 N–H and O–H groups in total. The van der Waals surface area contributed by atoms with Gasteiger partial charge in [-0.1, -0.05) is 36.4 Å². The molecule has 2 heterocycles. The Morgan fingerprint density at radius 3 is 2.70 bits per heavy atom. The van der Waals surface area contributed by atoms with Crippen molar-refractivity contribution in [1.29, 1.82) is 0 Å². The molecule has 154 valence electrons. The van der Waals surface area contributed by atoms with Crippen LogP contribution in [0.15, 0.2) is 68.6 Å². The van der Waals surface area contributed by atoms with Crippen molar-refractivity contribution in [3.05, 3.63) is 76.9 Å². The van der Waals surface area contributed by atoms with Crippen LogP contribution in [0.5, 0.6) is 11.5 Å². The molecule has 2 aromatic carbocycles. The molecule has 0 radical (unpaired) electrons. The molecule has 4 aromatic rings. The molecule has 0 saturated heterocycles. The lowest BCUT2D eigenvalue weighted by atomic mass is 10.1. The number of carbonyl (C=O) groups excluding carboxylic acids is 1. The standard InChI is InChI=1S/C23H21NO4S2/c1-26-19-10-5-7-15(21(19)27-2)13-24-23(25)22-17(14-30-20-11-6-12-29-20)16-8-3-4-9-18(16)28-22/h3-12H,13-14H2,1-2H3,(H,24,25). The molecule has 0 spiro atoms. The van der Waals surface area contributed by atoms with Gasteiger partial charge < -0.3 is 19.2 Å². The number of nitrogens with one attached hydrogen (secondary N) is 1. The fraction of sp³-hybridized carbons (Fsp3) is 0.174. The fourth-order valence-electron chi connectivity index (χ4n) is 3.26. The monoisotopic (exact) mass is 439 g/mol. The van der Waals surface area contributed by atoms with E-state index in [0.717, 1.165) is 16.5 Å². The van der Waals surface area contributed by atoms with Crippen LogP contribution >= 0.6 is 23.1 Å². The zero-order valence-corrected chi connectivity index (χ0v) is 18.3. The molecule has 0 saturated carbocycles. The van der Waals surface area contributed by atoms with Crippen LogP contribution in [0.2, 0.25) is 0 Å². The third-order valence-corrected chi connectivity index (χ3v) is 6.84. The van der Waals surface area contributed by atoms with E-state index in [1.165, 1.54) is 4.21 Å². The average Bonchev–Trinajstić information content (AvgIpc) is 3.43. The van der Waals surface area contributed by atoms with Gasteiger partial charge in [0.2, 0.25) is 0 Å². The van der Waals surface area contributed by atoms with Crippen molar-refractivity contribution in [3.63, 3.8) is 0 Å². The van der Waals surface area contributed by atoms with Gasteiger partial charge in [-0.05, 0) is 23.6 Å². The van der Waals surface area contributed by atoms with Crippen LogP contribution in [0.1, 0.15) is 21.7 Å². The molecule has 0 atom stereocenters. The molecule has 1 amide bonds. The molecule has 0 unspecified atom stereocenters. The summed E-state index contributed by atoms with van der Waals surface area (Å²) in [5.41, 5.74) is 2.44. The summed E-state index contributed by atoms with van der Waals surface area (Å²) in [6.45, 7) is 0.299. The third-order valence-electron chi connectivity index (χ3n) is 4.68. The van der Waals surface area contributed by atoms with E-state index in [0.29, 0.717) is 35.1 Å². The Labute approximate surface area is 183 Å². The first-order valence-electron chi connectivity index (χ1n) is 9.36. The zero-order valence-electron chi connectivity index (χ0n) is 16.6. The van der Waals surface area contributed by atoms with Gasteiger partial charge in [0.05, 0.1) is 18.4 Å². The van der Waals surface area contributed by atoms with Gasteiger partial charge in [0.25, 0.3) is 5.91 Å². The van der Waals surface area contributed by atoms with Crippen molar-refractivity contribution in [2.75, 3.05) is 14.2 Å². The zero-order chi connectivity index (χ0) is 20.9. The minimum atomic E-state index is -0.252. The van der Waals surface area contributed by atoms with Crippen molar-refractivity contribution >= 4 is 40.0 Å². The lowest BCUT2D eigenvalue weighted by Crippen LogP contribution is -2.23. The SMILES string of the molecule is COc1cccc(CNC(=O)c2oc3ccccc3c2CSc2cccs2)c1OC. The van der Waals surface area contributed by atoms with Crippen LogP contribution in [0, 0.1) is 0 Å². The number of amides is 1. The normalized spacial score (nSPS) is 10.9. The molecular weight excluding hydrogens is 418 g/mol. The summed E-state index contributed by atoms with van der Waals surface area (Å²) >= 11 is 3.38. The number of thiophene rings is 1. The lowest BCUT2D eigenvalue weighted by Gasteiger charge is -2.13. The first-order chi connectivity index (χ1) is 14.7. The highest BCUT2D eigenvalue weighted by Crippen LogP contribution is 2.34. The average molecular weight is 440 g/mol. The highest BCUT2D eigenvalue weighted by atomic mass is 32.2. The Kier molecular flexibility index (Phi) is 6.30. The Morgan fingerprint density at radius 2 is 1.93 bits per heavy atom. The molecule has 0 fully saturated rings. The van der Waals surface area contributed by atoms with E-state index < -0.39 is 0 Å². The second kappa shape index (κ2) is 9.28. The summed E-state index contributed by atoms with van der Waals surface area (Å²) in [6.07, 6.45) is 0. The largest absolute Gasteiger partial charge is 0.493 e. The van der Waals surface area contributed by atoms with E-state index in [2.05, 4.69) is 11.4 Å². The number of thioether (sulfide) groups is 1. The Hall–Kier alpha value is -2.90. The van der Waals surface area contributed by atoms with E-state index >= 15 is 0 Å². The molecule has 0 bridgehead atoms. The molecule has 7 heteroatoms. The third kappa shape index (κ3) is 4.17. The second-order valence-corrected chi connectivity index (χ2v) is 8.69. The highest BCUT2D eigenvalue weighted by Gasteiger charge is 2.21. The predicted octanol–water partition coefficient (Wildman–Crippen LogP) is 5.73. The van der Waals surface area contributed by atoms with Gasteiger partial charge >= 0.3 is 0 Å². The van der Waals surface area contributed by atoms with Crippen LogP contribution in [0.25, 0.3) is 11.0 Å². The van der Waals surface area contributed by atoms with Crippen LogP contribution in [-0.2, 0) is 12.3 Å². The number of methoxy groups -OCH3 is 2. The molecule has 0 aliphatic carbocycles. The number of hydrogen-bond donors (Lipinski definition) is 1. The van der Waals surface area contributed by atoms with Gasteiger partial charge in [0.1, 0.15) is 5.58 Å². The number of furan rings is 1. The number of carbonyl (C=O) groups is 1. The van der Waals surface area contributed by atoms with Crippen molar-refractivity contribution < 1.29 is 18.7 Å². The minimum Gasteiger partial charge on any atom is -0.493 e. The first-order valence-corrected chi connectivity index (χ1v) is 11.2. The Balaban J connectivity index is 1.58. The molecule has 4 rings (SSSR count). The van der Waals surface area contributed by atoms with Gasteiger partial charge in [-0.2, -0.15) is 0 Å². The topological polar surface area (TPSA) is 60.7 Å². The number of para-hydroxylation sites is 2. The van der Waals surface area contributed by atoms with Gasteiger partial charge in [-0.25, -0.2) is 0 Å². The van der Waals surface area contributed by atoms with E-state index in [4.69, 9.17) is 13.9 Å². The van der Waals surface area contributed by atoms with Gasteiger partial charge in [0.15, 0.2) is 17.3 Å². The minimum absolute atomic E-state index is 0.252. The number of benzene rings is 2. The molecule has 0 aliphatic heterocycles. The summed E-state index contributed by atoms with van der Waals surface area (Å²) < 4.78 is 17.9. The highest BCUT2D eigenvalue weighted by molar-refractivity contribution is 8.00. The van der Waals surface area contributed by atoms with E-state index in [9.17, 15) is 4.79 Å². The van der Waals surface area contributed by atoms with Crippen LogP contribution in [0.4, 0.5) is 0 Å². The van der Waals surface area contributed by atoms with Crippen LogP contribution in [0.3, 0.4) is 0 Å². The van der Waals surface area contributed by atoms with Crippen LogP contribution in [-0.4, -0.2) is 20.1 Å². The Bertz CT molecular complexity index is 1150. The lowest BCUT2D eigenvalue weighted by molar-refractivity contribution is 0.0924. The van der Waals surface area contributed by atoms with E-state index in [1.54, 1.807) is 37.3 Å². The van der Waals surface area contributed by atoms with Gasteiger partial charge in [-0.3, -0.25) is 4.79 Å². The molecular formula is C23H21NO4S2. The molecule has 30 heavy (non-hydrogen) atoms. The van der Waals surface area contributed by atoms with Crippen molar-refractivity contribution in [1.82, 2.24) is 5.32 Å². The number of hydrogen-bond acceptors (Lipinski definition) is 6. The van der Waals surface area contributed by atoms with Crippen molar-refractivity contribution in [2.45, 2.75) is 16.5 Å².